The predicted octanol–water partition coefficient (Wildman–Crippen LogP) is 9.86. The average molecular weight is 487 g/mol. The fourth-order valence-corrected chi connectivity index (χ4v) is 6.72. The second-order valence-electron chi connectivity index (χ2n) is 12.7. The summed E-state index contributed by atoms with van der Waals surface area (Å²) in [6.45, 7) is 25.6. The molecule has 0 aliphatic rings. The van der Waals surface area contributed by atoms with E-state index in [1.54, 1.807) is 0 Å². The third kappa shape index (κ3) is 8.08. The maximum atomic E-state index is 6.92. The van der Waals surface area contributed by atoms with Crippen LogP contribution in [0.3, 0.4) is 0 Å². The summed E-state index contributed by atoms with van der Waals surface area (Å²) in [5, 5.41) is 2.51. The van der Waals surface area contributed by atoms with Gasteiger partial charge in [-0.05, 0) is 109 Å². The van der Waals surface area contributed by atoms with Gasteiger partial charge in [0.05, 0.1) is 6.10 Å². The van der Waals surface area contributed by atoms with E-state index in [0.29, 0.717) is 5.92 Å². The zero-order valence-corrected chi connectivity index (χ0v) is 25.2. The van der Waals surface area contributed by atoms with E-state index in [0.717, 1.165) is 12.8 Å². The van der Waals surface area contributed by atoms with Gasteiger partial charge in [0.15, 0.2) is 8.32 Å². The summed E-state index contributed by atoms with van der Waals surface area (Å²) in [5.74, 6) is 0.643. The molecular weight excluding hydrogens is 436 g/mol. The number of rotatable bonds is 10. The third-order valence-electron chi connectivity index (χ3n) is 7.74. The zero-order valence-electron chi connectivity index (χ0n) is 23.4. The first-order chi connectivity index (χ1) is 15.1. The third-order valence-corrected chi connectivity index (χ3v) is 13.3. The van der Waals surface area contributed by atoms with Gasteiger partial charge < -0.3 is 4.43 Å². The molecule has 3 heteroatoms. The highest BCUT2D eigenvalue weighted by molar-refractivity contribution is 7.10. The maximum absolute atomic E-state index is 6.92. The SMILES string of the molecule is CCC(CCc1cc(C)cs1)c1ccc(CCC(O[Si](C)(C)C(C)(C)C)C(C)(C)C)c(C)c1. The van der Waals surface area contributed by atoms with E-state index in [1.807, 2.05) is 11.3 Å². The van der Waals surface area contributed by atoms with E-state index in [4.69, 9.17) is 4.43 Å². The Morgan fingerprint density at radius 1 is 0.939 bits per heavy atom. The molecule has 0 saturated carbocycles. The molecule has 0 aliphatic heterocycles. The molecule has 2 unspecified atom stereocenters. The molecule has 0 radical (unpaired) electrons. The van der Waals surface area contributed by atoms with Crippen LogP contribution in [0.5, 0.6) is 0 Å². The second kappa shape index (κ2) is 11.2. The minimum absolute atomic E-state index is 0.150. The quantitative estimate of drug-likeness (QED) is 0.304. The highest BCUT2D eigenvalue weighted by Gasteiger charge is 2.41. The van der Waals surface area contributed by atoms with Crippen LogP contribution in [0.15, 0.2) is 29.6 Å². The lowest BCUT2D eigenvalue weighted by molar-refractivity contribution is 0.0657. The van der Waals surface area contributed by atoms with E-state index in [1.165, 1.54) is 46.4 Å². The first-order valence-corrected chi connectivity index (χ1v) is 16.7. The molecule has 0 bridgehead atoms. The highest BCUT2D eigenvalue weighted by Crippen LogP contribution is 2.40. The van der Waals surface area contributed by atoms with Crippen molar-refractivity contribution in [1.82, 2.24) is 0 Å². The summed E-state index contributed by atoms with van der Waals surface area (Å²) in [6, 6.07) is 9.61. The van der Waals surface area contributed by atoms with Crippen molar-refractivity contribution in [3.63, 3.8) is 0 Å². The number of benzene rings is 1. The standard InChI is InChI=1S/C30H50OSSi/c1-12-24(15-17-27-19-22(2)21-32-27)26-14-13-25(23(3)20-26)16-18-28(29(4,5)6)31-33(10,11)30(7,8)9/h13-14,19-21,24,28H,12,15-18H2,1-11H3. The first-order valence-electron chi connectivity index (χ1n) is 13.0. The van der Waals surface area contributed by atoms with Crippen molar-refractivity contribution in [3.05, 3.63) is 56.8 Å². The topological polar surface area (TPSA) is 9.23 Å². The Balaban J connectivity index is 2.08. The van der Waals surface area contributed by atoms with Crippen LogP contribution < -0.4 is 0 Å². The fraction of sp³-hybridized carbons (Fsp3) is 0.667. The number of hydrogen-bond donors (Lipinski definition) is 0. The Bertz CT molecular complexity index is 881. The molecule has 0 spiro atoms. The van der Waals surface area contributed by atoms with E-state index < -0.39 is 8.32 Å². The minimum atomic E-state index is -1.79. The highest BCUT2D eigenvalue weighted by atomic mass is 32.1. The molecule has 33 heavy (non-hydrogen) atoms. The molecule has 0 saturated heterocycles. The summed E-state index contributed by atoms with van der Waals surface area (Å²) >= 11 is 1.91. The van der Waals surface area contributed by atoms with Gasteiger partial charge in [0, 0.05) is 4.88 Å². The fourth-order valence-electron chi connectivity index (χ4n) is 4.29. The molecule has 0 amide bonds. The number of hydrogen-bond acceptors (Lipinski definition) is 2. The van der Waals surface area contributed by atoms with E-state index in [2.05, 4.69) is 105 Å². The molecule has 1 aromatic carbocycles. The molecular formula is C30H50OSSi. The van der Waals surface area contributed by atoms with Crippen LogP contribution in [0.1, 0.15) is 101 Å². The van der Waals surface area contributed by atoms with E-state index in [-0.39, 0.29) is 16.6 Å². The summed E-state index contributed by atoms with van der Waals surface area (Å²) in [5.41, 5.74) is 5.98. The summed E-state index contributed by atoms with van der Waals surface area (Å²) < 4.78 is 6.92. The van der Waals surface area contributed by atoms with Crippen molar-refractivity contribution in [1.29, 1.82) is 0 Å². The van der Waals surface area contributed by atoms with Crippen LogP contribution in [0, 0.1) is 19.3 Å². The molecule has 0 N–H and O–H groups in total. The monoisotopic (exact) mass is 486 g/mol. The largest absolute Gasteiger partial charge is 0.413 e. The Morgan fingerprint density at radius 3 is 2.09 bits per heavy atom. The average Bonchev–Trinajstić information content (AvgIpc) is 3.10. The minimum Gasteiger partial charge on any atom is -0.413 e. The van der Waals surface area contributed by atoms with Crippen LogP contribution in [-0.2, 0) is 17.3 Å². The lowest BCUT2D eigenvalue weighted by atomic mass is 9.84. The Hall–Kier alpha value is -0.903. The zero-order chi connectivity index (χ0) is 25.0. The van der Waals surface area contributed by atoms with E-state index in [9.17, 15) is 0 Å². The van der Waals surface area contributed by atoms with Gasteiger partial charge in [0.2, 0.25) is 0 Å². The van der Waals surface area contributed by atoms with Gasteiger partial charge >= 0.3 is 0 Å². The normalized spacial score (nSPS) is 15.0. The van der Waals surface area contributed by atoms with Crippen LogP contribution in [0.4, 0.5) is 0 Å². The van der Waals surface area contributed by atoms with Crippen LogP contribution >= 0.6 is 11.3 Å². The first kappa shape index (κ1) is 28.3. The molecule has 0 fully saturated rings. The summed E-state index contributed by atoms with van der Waals surface area (Å²) in [6.07, 6.45) is 6.10. The van der Waals surface area contributed by atoms with Crippen LogP contribution in [0.25, 0.3) is 0 Å². The number of aryl methyl sites for hydroxylation is 4. The Labute approximate surface area is 210 Å². The summed E-state index contributed by atoms with van der Waals surface area (Å²) in [4.78, 5) is 1.52. The van der Waals surface area contributed by atoms with Crippen LogP contribution in [-0.4, -0.2) is 14.4 Å². The van der Waals surface area contributed by atoms with Gasteiger partial charge in [0.1, 0.15) is 0 Å². The molecule has 2 rings (SSSR count). The molecule has 0 aliphatic carbocycles. The summed E-state index contributed by atoms with van der Waals surface area (Å²) in [7, 11) is -1.79. The van der Waals surface area contributed by atoms with Crippen LogP contribution in [0.2, 0.25) is 18.1 Å². The van der Waals surface area contributed by atoms with Gasteiger partial charge in [-0.2, -0.15) is 0 Å². The lowest BCUT2D eigenvalue weighted by Gasteiger charge is -2.43. The van der Waals surface area contributed by atoms with Gasteiger partial charge in [0.25, 0.3) is 0 Å². The van der Waals surface area contributed by atoms with Crippen molar-refractivity contribution in [2.45, 2.75) is 125 Å². The second-order valence-corrected chi connectivity index (χ2v) is 18.4. The smallest absolute Gasteiger partial charge is 0.192 e. The van der Waals surface area contributed by atoms with Crippen molar-refractivity contribution in [2.75, 3.05) is 0 Å². The number of thiophene rings is 1. The molecule has 1 nitrogen and oxygen atoms in total. The van der Waals surface area contributed by atoms with Crippen molar-refractivity contribution < 1.29 is 4.43 Å². The van der Waals surface area contributed by atoms with Crippen molar-refractivity contribution >= 4 is 19.7 Å². The van der Waals surface area contributed by atoms with Gasteiger partial charge in [-0.15, -0.1) is 11.3 Å². The van der Waals surface area contributed by atoms with Gasteiger partial charge in [-0.3, -0.25) is 0 Å². The Morgan fingerprint density at radius 2 is 1.61 bits per heavy atom. The molecule has 2 atom stereocenters. The van der Waals surface area contributed by atoms with E-state index >= 15 is 0 Å². The molecule has 186 valence electrons. The van der Waals surface area contributed by atoms with Gasteiger partial charge in [-0.1, -0.05) is 66.7 Å². The van der Waals surface area contributed by atoms with Crippen molar-refractivity contribution in [3.8, 4) is 0 Å². The Kier molecular flexibility index (Phi) is 9.64. The lowest BCUT2D eigenvalue weighted by Crippen LogP contribution is -2.47. The maximum Gasteiger partial charge on any atom is 0.192 e. The molecule has 1 aromatic heterocycles. The predicted molar refractivity (Wildman–Crippen MR) is 151 cm³/mol. The molecule has 2 aromatic rings. The molecule has 1 heterocycles. The van der Waals surface area contributed by atoms with Gasteiger partial charge in [-0.25, -0.2) is 0 Å². The van der Waals surface area contributed by atoms with Crippen molar-refractivity contribution in [2.24, 2.45) is 5.41 Å².